The number of carbonyl (C=O) groups excluding carboxylic acids is 1. The van der Waals surface area contributed by atoms with E-state index in [4.69, 9.17) is 16.3 Å². The number of ether oxygens (including phenoxy) is 1. The highest BCUT2D eigenvalue weighted by Gasteiger charge is 2.25. The number of benzene rings is 4. The Kier molecular flexibility index (Phi) is 6.39. The van der Waals surface area contributed by atoms with Gasteiger partial charge in [-0.1, -0.05) is 78.3 Å². The Morgan fingerprint density at radius 1 is 1.00 bits per heavy atom. The summed E-state index contributed by atoms with van der Waals surface area (Å²) in [5.74, 6) is 0.532. The average molecular weight is 485 g/mol. The fourth-order valence-electron chi connectivity index (χ4n) is 3.71. The Morgan fingerprint density at radius 2 is 1.79 bits per heavy atom. The van der Waals surface area contributed by atoms with Gasteiger partial charge in [0, 0.05) is 10.6 Å². The van der Waals surface area contributed by atoms with Gasteiger partial charge in [-0.2, -0.15) is 0 Å². The zero-order valence-electron chi connectivity index (χ0n) is 18.4. The van der Waals surface area contributed by atoms with E-state index in [2.05, 4.69) is 16.4 Å². The van der Waals surface area contributed by atoms with Gasteiger partial charge in [0.25, 0.3) is 5.91 Å². The molecule has 1 heterocycles. The SMILES string of the molecule is Cc1ccc(Cl)cc1N=C1NC(=O)/C(=C/c2c(OCc3ccccc3)ccc3ccccc23)S1. The van der Waals surface area contributed by atoms with E-state index < -0.39 is 0 Å². The molecule has 1 fully saturated rings. The van der Waals surface area contributed by atoms with E-state index in [1.165, 1.54) is 11.8 Å². The second-order valence-corrected chi connectivity index (χ2v) is 9.35. The van der Waals surface area contributed by atoms with Crippen molar-refractivity contribution in [2.45, 2.75) is 13.5 Å². The van der Waals surface area contributed by atoms with E-state index in [0.717, 1.165) is 38.9 Å². The number of fused-ring (bicyclic) bond motifs is 1. The molecule has 4 nitrogen and oxygen atoms in total. The number of hydrogen-bond donors (Lipinski definition) is 1. The van der Waals surface area contributed by atoms with Crippen LogP contribution in [0.15, 0.2) is 94.8 Å². The third-order valence-electron chi connectivity index (χ3n) is 5.49. The van der Waals surface area contributed by atoms with E-state index in [-0.39, 0.29) is 5.91 Å². The number of rotatable bonds is 5. The van der Waals surface area contributed by atoms with Crippen molar-refractivity contribution in [1.29, 1.82) is 0 Å². The van der Waals surface area contributed by atoms with Gasteiger partial charge in [0.15, 0.2) is 5.17 Å². The molecule has 34 heavy (non-hydrogen) atoms. The van der Waals surface area contributed by atoms with Gasteiger partial charge in [-0.05, 0) is 64.9 Å². The lowest BCUT2D eigenvalue weighted by molar-refractivity contribution is -0.115. The number of amides is 1. The van der Waals surface area contributed by atoms with Crippen molar-refractivity contribution in [3.63, 3.8) is 0 Å². The maximum absolute atomic E-state index is 12.8. The molecular weight excluding hydrogens is 464 g/mol. The Labute approximate surface area is 207 Å². The van der Waals surface area contributed by atoms with Crippen LogP contribution in [-0.4, -0.2) is 11.1 Å². The third-order valence-corrected chi connectivity index (χ3v) is 6.63. The lowest BCUT2D eigenvalue weighted by Gasteiger charge is -2.12. The van der Waals surface area contributed by atoms with Gasteiger partial charge in [0.2, 0.25) is 0 Å². The van der Waals surface area contributed by atoms with E-state index in [9.17, 15) is 4.79 Å². The maximum atomic E-state index is 12.8. The van der Waals surface area contributed by atoms with Crippen LogP contribution in [0.2, 0.25) is 5.02 Å². The van der Waals surface area contributed by atoms with Gasteiger partial charge in [-0.25, -0.2) is 4.99 Å². The average Bonchev–Trinajstić information content (AvgIpc) is 3.20. The number of nitrogens with zero attached hydrogens (tertiary/aromatic N) is 1. The normalized spacial score (nSPS) is 15.8. The molecule has 6 heteroatoms. The van der Waals surface area contributed by atoms with Gasteiger partial charge in [0.1, 0.15) is 12.4 Å². The minimum absolute atomic E-state index is 0.189. The monoisotopic (exact) mass is 484 g/mol. The molecule has 1 N–H and O–H groups in total. The van der Waals surface area contributed by atoms with Crippen molar-refractivity contribution in [2.24, 2.45) is 4.99 Å². The first-order valence-corrected chi connectivity index (χ1v) is 12.0. The first-order chi connectivity index (χ1) is 16.6. The van der Waals surface area contributed by atoms with Crippen molar-refractivity contribution in [1.82, 2.24) is 5.32 Å². The summed E-state index contributed by atoms with van der Waals surface area (Å²) >= 11 is 7.43. The Hall–Kier alpha value is -3.54. The van der Waals surface area contributed by atoms with Crippen LogP contribution in [0.3, 0.4) is 0 Å². The minimum atomic E-state index is -0.189. The molecule has 0 radical (unpaired) electrons. The van der Waals surface area contributed by atoms with Crippen molar-refractivity contribution < 1.29 is 9.53 Å². The smallest absolute Gasteiger partial charge is 0.264 e. The van der Waals surface area contributed by atoms with Gasteiger partial charge >= 0.3 is 0 Å². The first-order valence-electron chi connectivity index (χ1n) is 10.8. The van der Waals surface area contributed by atoms with Crippen molar-refractivity contribution in [3.8, 4) is 5.75 Å². The summed E-state index contributed by atoms with van der Waals surface area (Å²) in [6.45, 7) is 2.40. The molecule has 4 aromatic rings. The minimum Gasteiger partial charge on any atom is -0.488 e. The predicted octanol–water partition coefficient (Wildman–Crippen LogP) is 7.27. The fourth-order valence-corrected chi connectivity index (χ4v) is 4.69. The summed E-state index contributed by atoms with van der Waals surface area (Å²) in [5, 5.41) is 6.09. The molecule has 168 valence electrons. The van der Waals surface area contributed by atoms with Crippen LogP contribution >= 0.6 is 23.4 Å². The number of thioether (sulfide) groups is 1. The van der Waals surface area contributed by atoms with Crippen LogP contribution in [0.25, 0.3) is 16.8 Å². The Bertz CT molecular complexity index is 1450. The van der Waals surface area contributed by atoms with Crippen LogP contribution in [-0.2, 0) is 11.4 Å². The van der Waals surface area contributed by atoms with Gasteiger partial charge in [-0.15, -0.1) is 0 Å². The van der Waals surface area contributed by atoms with Gasteiger partial charge in [0.05, 0.1) is 10.6 Å². The Morgan fingerprint density at radius 3 is 2.65 bits per heavy atom. The summed E-state index contributed by atoms with van der Waals surface area (Å²) in [4.78, 5) is 18.0. The maximum Gasteiger partial charge on any atom is 0.264 e. The van der Waals surface area contributed by atoms with E-state index >= 15 is 0 Å². The molecule has 5 rings (SSSR count). The number of amidine groups is 1. The van der Waals surface area contributed by atoms with Crippen molar-refractivity contribution in [2.75, 3.05) is 0 Å². The highest BCUT2D eigenvalue weighted by atomic mass is 35.5. The number of carbonyl (C=O) groups is 1. The molecule has 0 atom stereocenters. The fraction of sp³-hybridized carbons (Fsp3) is 0.0714. The lowest BCUT2D eigenvalue weighted by Crippen LogP contribution is -2.19. The van der Waals surface area contributed by atoms with E-state index in [1.54, 1.807) is 6.07 Å². The quantitative estimate of drug-likeness (QED) is 0.303. The van der Waals surface area contributed by atoms with Crippen LogP contribution < -0.4 is 10.1 Å². The molecule has 0 spiro atoms. The molecule has 1 aliphatic heterocycles. The molecule has 1 aliphatic rings. The number of halogens is 1. The molecule has 4 aromatic carbocycles. The zero-order chi connectivity index (χ0) is 23.5. The van der Waals surface area contributed by atoms with Crippen molar-refractivity contribution in [3.05, 3.63) is 112 Å². The molecule has 1 amide bonds. The third kappa shape index (κ3) is 4.86. The van der Waals surface area contributed by atoms with Crippen molar-refractivity contribution >= 4 is 57.0 Å². The summed E-state index contributed by atoms with van der Waals surface area (Å²) in [7, 11) is 0. The molecule has 0 aromatic heterocycles. The second kappa shape index (κ2) is 9.75. The van der Waals surface area contributed by atoms with Crippen LogP contribution in [0.5, 0.6) is 5.75 Å². The molecule has 0 unspecified atom stereocenters. The summed E-state index contributed by atoms with van der Waals surface area (Å²) in [6, 6.07) is 27.6. The molecular formula is C28H21ClN2O2S. The second-order valence-electron chi connectivity index (χ2n) is 7.89. The number of nitrogens with one attached hydrogen (secondary N) is 1. The lowest BCUT2D eigenvalue weighted by atomic mass is 10.0. The van der Waals surface area contributed by atoms with Crippen LogP contribution in [0.4, 0.5) is 5.69 Å². The number of aliphatic imine (C=N–C) groups is 1. The highest BCUT2D eigenvalue weighted by molar-refractivity contribution is 8.18. The van der Waals surface area contributed by atoms with Crippen LogP contribution in [0.1, 0.15) is 16.7 Å². The molecule has 0 aliphatic carbocycles. The molecule has 0 saturated carbocycles. The number of aryl methyl sites for hydroxylation is 1. The van der Waals surface area contributed by atoms with E-state index in [0.29, 0.717) is 21.7 Å². The zero-order valence-corrected chi connectivity index (χ0v) is 20.0. The molecule has 1 saturated heterocycles. The first kappa shape index (κ1) is 22.3. The largest absolute Gasteiger partial charge is 0.488 e. The highest BCUT2D eigenvalue weighted by Crippen LogP contribution is 2.35. The summed E-state index contributed by atoms with van der Waals surface area (Å²) in [5.41, 5.74) is 3.66. The van der Waals surface area contributed by atoms with Crippen LogP contribution in [0, 0.1) is 6.92 Å². The predicted molar refractivity (Wildman–Crippen MR) is 142 cm³/mol. The number of hydrogen-bond acceptors (Lipinski definition) is 4. The topological polar surface area (TPSA) is 50.7 Å². The standard InChI is InChI=1S/C28H21ClN2O2S/c1-18-11-13-21(29)15-24(18)30-28-31-27(32)26(34-28)16-23-22-10-6-5-9-20(22)12-14-25(23)33-17-19-7-3-2-4-8-19/h2-16H,17H2,1H3,(H,30,31,32)/b26-16-. The molecule has 0 bridgehead atoms. The van der Waals surface area contributed by atoms with Gasteiger partial charge in [-0.3, -0.25) is 4.79 Å². The summed E-state index contributed by atoms with van der Waals surface area (Å²) in [6.07, 6.45) is 1.88. The van der Waals surface area contributed by atoms with E-state index in [1.807, 2.05) is 85.8 Å². The Balaban J connectivity index is 1.50. The summed E-state index contributed by atoms with van der Waals surface area (Å²) < 4.78 is 6.20. The van der Waals surface area contributed by atoms with Gasteiger partial charge < -0.3 is 10.1 Å².